The third-order valence-electron chi connectivity index (χ3n) is 5.28. The Morgan fingerprint density at radius 3 is 2.39 bits per heavy atom. The highest BCUT2D eigenvalue weighted by atomic mass is 32.2. The van der Waals surface area contributed by atoms with Crippen molar-refractivity contribution < 1.29 is 22.5 Å². The van der Waals surface area contributed by atoms with Crippen molar-refractivity contribution in [3.05, 3.63) is 66.2 Å². The average molecular weight is 441 g/mol. The topological polar surface area (TPSA) is 95.5 Å². The molecular weight excluding hydrogens is 414 g/mol. The van der Waals surface area contributed by atoms with Crippen LogP contribution >= 0.6 is 0 Å². The number of rotatable bonds is 9. The van der Waals surface area contributed by atoms with Crippen LogP contribution in [0.4, 0.5) is 5.69 Å². The third-order valence-corrected chi connectivity index (χ3v) is 6.11. The van der Waals surface area contributed by atoms with Crippen LogP contribution in [0.3, 0.4) is 0 Å². The predicted molar refractivity (Wildman–Crippen MR) is 120 cm³/mol. The van der Waals surface area contributed by atoms with Gasteiger partial charge >= 0.3 is 5.97 Å². The van der Waals surface area contributed by atoms with E-state index in [0.29, 0.717) is 36.4 Å². The molecule has 0 aromatic heterocycles. The second kappa shape index (κ2) is 9.94. The second-order valence-corrected chi connectivity index (χ2v) is 8.94. The van der Waals surface area contributed by atoms with E-state index < -0.39 is 10.1 Å². The Morgan fingerprint density at radius 2 is 1.71 bits per heavy atom. The molecule has 164 valence electrons. The number of carbonyl (C=O) groups is 1. The molecule has 3 aromatic rings. The second-order valence-electron chi connectivity index (χ2n) is 7.56. The number of esters is 1. The number of hydrogen-bond donors (Lipinski definition) is 1. The molecule has 1 atom stereocenters. The molecule has 3 rings (SSSR count). The highest BCUT2D eigenvalue weighted by Crippen LogP contribution is 2.23. The van der Waals surface area contributed by atoms with Gasteiger partial charge in [0.05, 0.1) is 4.90 Å². The number of benzene rings is 3. The van der Waals surface area contributed by atoms with Gasteiger partial charge in [0.25, 0.3) is 0 Å². The van der Waals surface area contributed by atoms with Crippen LogP contribution in [0.15, 0.2) is 65.6 Å². The van der Waals surface area contributed by atoms with Gasteiger partial charge in [-0.1, -0.05) is 38.1 Å². The minimum atomic E-state index is -4.47. The number of carbonyl (C=O) groups excluding carboxylic acids is 1. The Hall–Kier alpha value is -2.90. The lowest BCUT2D eigenvalue weighted by molar-refractivity contribution is -0.134. The quantitative estimate of drug-likeness (QED) is 0.216. The van der Waals surface area contributed by atoms with Crippen LogP contribution in [-0.4, -0.2) is 25.5 Å². The van der Waals surface area contributed by atoms with E-state index in [2.05, 4.69) is 19.2 Å². The molecule has 7 heteroatoms. The molecule has 0 saturated heterocycles. The van der Waals surface area contributed by atoms with E-state index in [9.17, 15) is 17.8 Å². The first-order chi connectivity index (χ1) is 14.8. The first-order valence-electron chi connectivity index (χ1n) is 10.3. The third kappa shape index (κ3) is 6.29. The molecule has 3 aromatic carbocycles. The van der Waals surface area contributed by atoms with E-state index >= 15 is 0 Å². The number of hydrogen-bond acceptors (Lipinski definition) is 6. The maximum atomic E-state index is 12.1. The fraction of sp³-hybridized carbons (Fsp3) is 0.292. The van der Waals surface area contributed by atoms with Gasteiger partial charge in [-0.2, -0.15) is 0 Å². The van der Waals surface area contributed by atoms with Crippen molar-refractivity contribution in [2.24, 2.45) is 0 Å². The predicted octanol–water partition coefficient (Wildman–Crippen LogP) is 5.06. The highest BCUT2D eigenvalue weighted by molar-refractivity contribution is 7.85. The van der Waals surface area contributed by atoms with Crippen molar-refractivity contribution in [1.29, 1.82) is 0 Å². The lowest BCUT2D eigenvalue weighted by Gasteiger charge is -2.11. The Bertz CT molecular complexity index is 1160. The summed E-state index contributed by atoms with van der Waals surface area (Å²) in [6.07, 6.45) is 1.96. The SMILES string of the molecule is CCC(C)c1ccc(OC(=O)CCCNc2ccc3cc(S(=O)(=O)[O-])ccc3c2)cc1. The molecule has 0 aliphatic carbocycles. The molecule has 0 aliphatic heterocycles. The molecule has 0 amide bonds. The average Bonchev–Trinajstić information content (AvgIpc) is 2.75. The fourth-order valence-corrected chi connectivity index (χ4v) is 3.74. The van der Waals surface area contributed by atoms with Crippen molar-refractivity contribution in [3.8, 4) is 5.75 Å². The standard InChI is InChI=1S/C24H27NO5S/c1-3-17(2)18-7-11-22(12-8-18)30-24(26)5-4-14-25-21-10-6-20-16-23(31(27,28)29)13-9-19(20)15-21/h6-13,15-17,25H,3-5,14H2,1-2H3,(H,27,28,29)/p-1. The van der Waals surface area contributed by atoms with Crippen molar-refractivity contribution in [2.75, 3.05) is 11.9 Å². The summed E-state index contributed by atoms with van der Waals surface area (Å²) in [7, 11) is -4.47. The molecule has 1 unspecified atom stereocenters. The summed E-state index contributed by atoms with van der Waals surface area (Å²) in [6, 6.07) is 17.4. The van der Waals surface area contributed by atoms with E-state index in [1.54, 1.807) is 18.2 Å². The molecule has 0 spiro atoms. The van der Waals surface area contributed by atoms with Crippen molar-refractivity contribution >= 4 is 32.5 Å². The molecule has 0 heterocycles. The molecule has 0 radical (unpaired) electrons. The van der Waals surface area contributed by atoms with Gasteiger partial charge in [0.1, 0.15) is 15.9 Å². The van der Waals surface area contributed by atoms with Gasteiger partial charge in [-0.05, 0) is 71.5 Å². The van der Waals surface area contributed by atoms with Crippen LogP contribution in [0.1, 0.15) is 44.6 Å². The summed E-state index contributed by atoms with van der Waals surface area (Å²) in [5.74, 6) is 0.759. The summed E-state index contributed by atoms with van der Waals surface area (Å²) in [6.45, 7) is 4.89. The van der Waals surface area contributed by atoms with Crippen LogP contribution in [-0.2, 0) is 14.9 Å². The first kappa shape index (κ1) is 22.8. The number of nitrogens with one attached hydrogen (secondary N) is 1. The number of ether oxygens (including phenoxy) is 1. The lowest BCUT2D eigenvalue weighted by atomic mass is 9.99. The summed E-state index contributed by atoms with van der Waals surface area (Å²) in [5, 5.41) is 4.73. The Kier molecular flexibility index (Phi) is 7.30. The fourth-order valence-electron chi connectivity index (χ4n) is 3.24. The molecule has 0 bridgehead atoms. The Morgan fingerprint density at radius 1 is 1.03 bits per heavy atom. The normalized spacial score (nSPS) is 12.5. The molecule has 0 saturated carbocycles. The zero-order chi connectivity index (χ0) is 22.4. The summed E-state index contributed by atoms with van der Waals surface area (Å²) in [4.78, 5) is 11.8. The van der Waals surface area contributed by atoms with E-state index in [1.807, 2.05) is 30.3 Å². The molecule has 31 heavy (non-hydrogen) atoms. The van der Waals surface area contributed by atoms with Gasteiger partial charge in [0.15, 0.2) is 0 Å². The monoisotopic (exact) mass is 440 g/mol. The van der Waals surface area contributed by atoms with Crippen LogP contribution < -0.4 is 10.1 Å². The van der Waals surface area contributed by atoms with Gasteiger partial charge in [-0.3, -0.25) is 4.79 Å². The summed E-state index contributed by atoms with van der Waals surface area (Å²) < 4.78 is 38.8. The zero-order valence-electron chi connectivity index (χ0n) is 17.6. The number of fused-ring (bicyclic) bond motifs is 1. The summed E-state index contributed by atoms with van der Waals surface area (Å²) >= 11 is 0. The zero-order valence-corrected chi connectivity index (χ0v) is 18.4. The smallest absolute Gasteiger partial charge is 0.311 e. The minimum Gasteiger partial charge on any atom is -0.744 e. The minimum absolute atomic E-state index is 0.242. The highest BCUT2D eigenvalue weighted by Gasteiger charge is 2.07. The van der Waals surface area contributed by atoms with Gasteiger partial charge in [-0.15, -0.1) is 0 Å². The van der Waals surface area contributed by atoms with E-state index in [1.165, 1.54) is 17.7 Å². The summed E-state index contributed by atoms with van der Waals surface area (Å²) in [5.41, 5.74) is 2.08. The van der Waals surface area contributed by atoms with Gasteiger partial charge < -0.3 is 14.6 Å². The number of anilines is 1. The van der Waals surface area contributed by atoms with Crippen molar-refractivity contribution in [3.63, 3.8) is 0 Å². The lowest BCUT2D eigenvalue weighted by Crippen LogP contribution is -2.11. The van der Waals surface area contributed by atoms with E-state index in [0.717, 1.165) is 17.5 Å². The molecule has 0 aliphatic rings. The molecule has 6 nitrogen and oxygen atoms in total. The van der Waals surface area contributed by atoms with Crippen LogP contribution in [0.5, 0.6) is 5.75 Å². The van der Waals surface area contributed by atoms with Crippen LogP contribution in [0.2, 0.25) is 0 Å². The van der Waals surface area contributed by atoms with Crippen molar-refractivity contribution in [1.82, 2.24) is 0 Å². The maximum Gasteiger partial charge on any atom is 0.311 e. The Balaban J connectivity index is 1.47. The van der Waals surface area contributed by atoms with Crippen molar-refractivity contribution in [2.45, 2.75) is 43.9 Å². The maximum absolute atomic E-state index is 12.1. The van der Waals surface area contributed by atoms with E-state index in [-0.39, 0.29) is 10.9 Å². The van der Waals surface area contributed by atoms with Gasteiger partial charge in [0.2, 0.25) is 0 Å². The molecule has 1 N–H and O–H groups in total. The Labute approximate surface area is 183 Å². The molecule has 0 fully saturated rings. The van der Waals surface area contributed by atoms with Crippen LogP contribution in [0, 0.1) is 0 Å². The largest absolute Gasteiger partial charge is 0.744 e. The first-order valence-corrected chi connectivity index (χ1v) is 11.7. The van der Waals surface area contributed by atoms with Gasteiger partial charge in [0, 0.05) is 18.7 Å². The van der Waals surface area contributed by atoms with E-state index in [4.69, 9.17) is 4.74 Å². The van der Waals surface area contributed by atoms with Crippen LogP contribution in [0.25, 0.3) is 10.8 Å². The van der Waals surface area contributed by atoms with Gasteiger partial charge in [-0.25, -0.2) is 8.42 Å². The molecular formula is C24H26NO5S-.